The summed E-state index contributed by atoms with van der Waals surface area (Å²) < 4.78 is 5.45. The second kappa shape index (κ2) is 6.46. The molecule has 0 saturated heterocycles. The van der Waals surface area contributed by atoms with Crippen molar-refractivity contribution in [1.29, 1.82) is 0 Å². The smallest absolute Gasteiger partial charge is 0.325 e. The first-order valence-electron chi connectivity index (χ1n) is 7.04. The summed E-state index contributed by atoms with van der Waals surface area (Å²) in [7, 11) is 0. The van der Waals surface area contributed by atoms with Gasteiger partial charge >= 0.3 is 5.69 Å². The third-order valence-corrected chi connectivity index (χ3v) is 3.42. The predicted octanol–water partition coefficient (Wildman–Crippen LogP) is 1.08. The molecule has 0 fully saturated rings. The molecule has 7 nitrogen and oxygen atoms in total. The van der Waals surface area contributed by atoms with Gasteiger partial charge in [0.15, 0.2) is 0 Å². The second-order valence-corrected chi connectivity index (χ2v) is 5.25. The first-order valence-corrected chi connectivity index (χ1v) is 7.04. The van der Waals surface area contributed by atoms with Gasteiger partial charge in [-0.2, -0.15) is 0 Å². The maximum Gasteiger partial charge on any atom is 0.325 e. The maximum absolute atomic E-state index is 12.0. The lowest BCUT2D eigenvalue weighted by Gasteiger charge is -2.11. The molecule has 2 rings (SSSR count). The fraction of sp³-hybridized carbons (Fsp3) is 0.400. The van der Waals surface area contributed by atoms with Gasteiger partial charge in [-0.1, -0.05) is 0 Å². The third kappa shape index (κ3) is 3.75. The molecule has 0 aliphatic carbocycles. The van der Waals surface area contributed by atoms with Crippen molar-refractivity contribution in [3.8, 4) is 0 Å². The third-order valence-electron chi connectivity index (χ3n) is 3.42. The first-order chi connectivity index (χ1) is 10.4. The summed E-state index contributed by atoms with van der Waals surface area (Å²) in [5.74, 6) is 1.28. The van der Waals surface area contributed by atoms with Crippen molar-refractivity contribution >= 4 is 5.91 Å². The van der Waals surface area contributed by atoms with Gasteiger partial charge in [0.2, 0.25) is 5.91 Å². The van der Waals surface area contributed by atoms with E-state index in [0.29, 0.717) is 17.0 Å². The number of carbonyl (C=O) groups excluding carboxylic acids is 1. The molecule has 118 valence electrons. The van der Waals surface area contributed by atoms with E-state index >= 15 is 0 Å². The van der Waals surface area contributed by atoms with Crippen LogP contribution in [0.15, 0.2) is 26.1 Å². The summed E-state index contributed by atoms with van der Waals surface area (Å²) in [6.45, 7) is 5.30. The monoisotopic (exact) mass is 305 g/mol. The van der Waals surface area contributed by atoms with Crippen LogP contribution >= 0.6 is 0 Å². The van der Waals surface area contributed by atoms with Crippen LogP contribution in [0.25, 0.3) is 0 Å². The van der Waals surface area contributed by atoms with E-state index in [1.54, 1.807) is 6.92 Å². The maximum atomic E-state index is 12.0. The molecule has 0 spiro atoms. The van der Waals surface area contributed by atoms with Gasteiger partial charge in [-0.05, 0) is 39.3 Å². The highest BCUT2D eigenvalue weighted by molar-refractivity contribution is 5.76. The Morgan fingerprint density at radius 1 is 1.27 bits per heavy atom. The van der Waals surface area contributed by atoms with Crippen molar-refractivity contribution in [3.63, 3.8) is 0 Å². The molecule has 1 amide bonds. The number of rotatable bonds is 5. The lowest BCUT2D eigenvalue weighted by molar-refractivity contribution is -0.121. The molecule has 0 aliphatic rings. The van der Waals surface area contributed by atoms with Gasteiger partial charge in [-0.25, -0.2) is 4.79 Å². The Balaban J connectivity index is 1.96. The molecular weight excluding hydrogens is 286 g/mol. The Kier molecular flexibility index (Phi) is 4.65. The molecule has 0 radical (unpaired) electrons. The highest BCUT2D eigenvalue weighted by Gasteiger charge is 2.14. The van der Waals surface area contributed by atoms with Crippen molar-refractivity contribution in [2.75, 3.05) is 0 Å². The molecule has 1 unspecified atom stereocenters. The zero-order chi connectivity index (χ0) is 16.3. The van der Waals surface area contributed by atoms with E-state index in [9.17, 15) is 14.4 Å². The molecule has 0 bridgehead atoms. The Hall–Kier alpha value is -2.57. The van der Waals surface area contributed by atoms with Crippen LogP contribution in [0.3, 0.4) is 0 Å². The van der Waals surface area contributed by atoms with Gasteiger partial charge < -0.3 is 14.7 Å². The molecular formula is C15H19N3O4. The van der Waals surface area contributed by atoms with Crippen LogP contribution in [-0.4, -0.2) is 15.9 Å². The minimum atomic E-state index is -0.544. The molecule has 3 N–H and O–H groups in total. The van der Waals surface area contributed by atoms with Crippen molar-refractivity contribution < 1.29 is 9.21 Å². The average Bonchev–Trinajstić information content (AvgIpc) is 2.84. The second-order valence-electron chi connectivity index (χ2n) is 5.25. The number of H-pyrrole nitrogens is 2. The van der Waals surface area contributed by atoms with Crippen molar-refractivity contribution in [2.24, 2.45) is 0 Å². The number of aromatic amines is 2. The molecule has 0 aromatic carbocycles. The van der Waals surface area contributed by atoms with E-state index in [-0.39, 0.29) is 24.8 Å². The zero-order valence-corrected chi connectivity index (χ0v) is 12.8. The van der Waals surface area contributed by atoms with Gasteiger partial charge in [0, 0.05) is 17.7 Å². The van der Waals surface area contributed by atoms with Crippen LogP contribution in [-0.2, 0) is 11.2 Å². The molecule has 1 atom stereocenters. The highest BCUT2D eigenvalue weighted by atomic mass is 16.3. The quantitative estimate of drug-likeness (QED) is 0.768. The topological polar surface area (TPSA) is 108 Å². The number of nitrogens with one attached hydrogen (secondary N) is 3. The van der Waals surface area contributed by atoms with Gasteiger partial charge in [0.05, 0.1) is 6.04 Å². The van der Waals surface area contributed by atoms with E-state index in [1.165, 1.54) is 0 Å². The number of aromatic nitrogens is 2. The Morgan fingerprint density at radius 2 is 2.00 bits per heavy atom. The number of aryl methyl sites for hydroxylation is 2. The van der Waals surface area contributed by atoms with Gasteiger partial charge in [-0.3, -0.25) is 14.6 Å². The van der Waals surface area contributed by atoms with Gasteiger partial charge in [0.1, 0.15) is 11.5 Å². The number of hydrogen-bond acceptors (Lipinski definition) is 4. The molecule has 0 saturated carbocycles. The average molecular weight is 305 g/mol. The summed E-state index contributed by atoms with van der Waals surface area (Å²) in [4.78, 5) is 39.4. The minimum absolute atomic E-state index is 0.153. The molecule has 2 aromatic rings. The first kappa shape index (κ1) is 15.8. The summed E-state index contributed by atoms with van der Waals surface area (Å²) in [6.07, 6.45) is 0.410. The molecule has 2 heterocycles. The minimum Gasteiger partial charge on any atom is -0.464 e. The van der Waals surface area contributed by atoms with Gasteiger partial charge in [-0.15, -0.1) is 0 Å². The molecule has 2 aromatic heterocycles. The number of hydrogen-bond donors (Lipinski definition) is 3. The zero-order valence-electron chi connectivity index (χ0n) is 12.8. The normalized spacial score (nSPS) is 12.1. The highest BCUT2D eigenvalue weighted by Crippen LogP contribution is 2.15. The van der Waals surface area contributed by atoms with Crippen LogP contribution in [0, 0.1) is 13.8 Å². The number of furan rings is 1. The van der Waals surface area contributed by atoms with Crippen molar-refractivity contribution in [2.45, 2.75) is 39.7 Å². The van der Waals surface area contributed by atoms with Crippen LogP contribution in [0.1, 0.15) is 42.2 Å². The molecule has 0 aliphatic heterocycles. The standard InChI is InChI=1S/C15H19N3O4/c1-8-4-6-12(22-8)10(3)16-13(19)7-5-11-9(2)17-15(21)18-14(11)20/h4,6,10H,5,7H2,1-3H3,(H,16,19)(H2,17,18,20,21). The van der Waals surface area contributed by atoms with E-state index in [0.717, 1.165) is 5.76 Å². The summed E-state index contributed by atoms with van der Waals surface area (Å²) in [5, 5.41) is 2.81. The van der Waals surface area contributed by atoms with Crippen molar-refractivity contribution in [3.05, 3.63) is 55.7 Å². The van der Waals surface area contributed by atoms with Gasteiger partial charge in [0.25, 0.3) is 5.56 Å². The Bertz CT molecular complexity index is 785. The number of amides is 1. The Labute approximate surface area is 126 Å². The SMILES string of the molecule is Cc1ccc(C(C)NC(=O)CCc2c(C)[nH]c(=O)[nH]c2=O)o1. The van der Waals surface area contributed by atoms with Crippen LogP contribution in [0.4, 0.5) is 0 Å². The summed E-state index contributed by atoms with van der Waals surface area (Å²) in [5.41, 5.74) is -0.103. The largest absolute Gasteiger partial charge is 0.464 e. The lowest BCUT2D eigenvalue weighted by atomic mass is 10.1. The van der Waals surface area contributed by atoms with Crippen LogP contribution in [0.2, 0.25) is 0 Å². The van der Waals surface area contributed by atoms with E-state index in [1.807, 2.05) is 26.0 Å². The van der Waals surface area contributed by atoms with E-state index < -0.39 is 11.2 Å². The van der Waals surface area contributed by atoms with Crippen LogP contribution < -0.4 is 16.6 Å². The van der Waals surface area contributed by atoms with E-state index in [2.05, 4.69) is 15.3 Å². The lowest BCUT2D eigenvalue weighted by Crippen LogP contribution is -2.30. The fourth-order valence-corrected chi connectivity index (χ4v) is 2.24. The Morgan fingerprint density at radius 3 is 2.59 bits per heavy atom. The van der Waals surface area contributed by atoms with Crippen LogP contribution in [0.5, 0.6) is 0 Å². The molecule has 7 heteroatoms. The molecule has 22 heavy (non-hydrogen) atoms. The number of carbonyl (C=O) groups is 1. The summed E-state index contributed by atoms with van der Waals surface area (Å²) >= 11 is 0. The van der Waals surface area contributed by atoms with Crippen molar-refractivity contribution in [1.82, 2.24) is 15.3 Å². The summed E-state index contributed by atoms with van der Waals surface area (Å²) in [6, 6.07) is 3.41. The van der Waals surface area contributed by atoms with E-state index in [4.69, 9.17) is 4.42 Å². The predicted molar refractivity (Wildman–Crippen MR) is 80.7 cm³/mol. The fourth-order valence-electron chi connectivity index (χ4n) is 2.24.